The van der Waals surface area contributed by atoms with Gasteiger partial charge in [0.2, 0.25) is 0 Å². The van der Waals surface area contributed by atoms with Gasteiger partial charge in [-0.15, -0.1) is 0 Å². The average Bonchev–Trinajstić information content (AvgIpc) is 2.80. The maximum Gasteiger partial charge on any atom is 0.0953 e. The van der Waals surface area contributed by atoms with Gasteiger partial charge in [-0.2, -0.15) is 0 Å². The van der Waals surface area contributed by atoms with E-state index in [4.69, 9.17) is 0 Å². The van der Waals surface area contributed by atoms with E-state index in [1.807, 2.05) is 6.33 Å². The minimum Gasteiger partial charge on any atom is -0.329 e. The fourth-order valence-corrected chi connectivity index (χ4v) is 2.39. The molecular weight excluding hydrogens is 198 g/mol. The van der Waals surface area contributed by atoms with Gasteiger partial charge < -0.3 is 9.88 Å². The first-order valence-corrected chi connectivity index (χ1v) is 6.38. The highest BCUT2D eigenvalue weighted by Gasteiger charge is 2.25. The summed E-state index contributed by atoms with van der Waals surface area (Å²) in [4.78, 5) is 4.35. The topological polar surface area (TPSA) is 29.9 Å². The highest BCUT2D eigenvalue weighted by Crippen LogP contribution is 2.28. The SMILES string of the molecule is CCC(C)(C)n1cncc1C1CCCNC1. The van der Waals surface area contributed by atoms with Gasteiger partial charge in [0.25, 0.3) is 0 Å². The summed E-state index contributed by atoms with van der Waals surface area (Å²) in [5.41, 5.74) is 1.59. The van der Waals surface area contributed by atoms with E-state index in [0.717, 1.165) is 13.0 Å². The second-order valence-electron chi connectivity index (χ2n) is 5.40. The van der Waals surface area contributed by atoms with Crippen LogP contribution in [-0.2, 0) is 5.54 Å². The van der Waals surface area contributed by atoms with Gasteiger partial charge in [-0.1, -0.05) is 6.92 Å². The lowest BCUT2D eigenvalue weighted by molar-refractivity contribution is 0.316. The van der Waals surface area contributed by atoms with Gasteiger partial charge in [-0.05, 0) is 39.7 Å². The Morgan fingerprint density at radius 2 is 2.38 bits per heavy atom. The summed E-state index contributed by atoms with van der Waals surface area (Å²) in [6, 6.07) is 0. The van der Waals surface area contributed by atoms with Gasteiger partial charge in [-0.25, -0.2) is 4.98 Å². The van der Waals surface area contributed by atoms with Crippen LogP contribution in [0.3, 0.4) is 0 Å². The molecule has 1 atom stereocenters. The molecule has 1 aromatic heterocycles. The van der Waals surface area contributed by atoms with E-state index in [2.05, 4.69) is 41.8 Å². The maximum absolute atomic E-state index is 4.35. The summed E-state index contributed by atoms with van der Waals surface area (Å²) < 4.78 is 2.37. The van der Waals surface area contributed by atoms with E-state index < -0.39 is 0 Å². The van der Waals surface area contributed by atoms with Gasteiger partial charge in [0.1, 0.15) is 0 Å². The van der Waals surface area contributed by atoms with Crippen LogP contribution in [-0.4, -0.2) is 22.6 Å². The Bertz CT molecular complexity index is 335. The van der Waals surface area contributed by atoms with Crippen LogP contribution in [0.25, 0.3) is 0 Å². The number of hydrogen-bond acceptors (Lipinski definition) is 2. The molecule has 1 aliphatic rings. The minimum atomic E-state index is 0.184. The number of hydrogen-bond donors (Lipinski definition) is 1. The third-order valence-corrected chi connectivity index (χ3v) is 3.90. The predicted molar refractivity (Wildman–Crippen MR) is 66.7 cm³/mol. The molecule has 2 rings (SSSR count). The van der Waals surface area contributed by atoms with Gasteiger partial charge in [0, 0.05) is 29.9 Å². The monoisotopic (exact) mass is 221 g/mol. The fourth-order valence-electron chi connectivity index (χ4n) is 2.39. The van der Waals surface area contributed by atoms with Crippen molar-refractivity contribution in [1.29, 1.82) is 0 Å². The van der Waals surface area contributed by atoms with E-state index in [9.17, 15) is 0 Å². The highest BCUT2D eigenvalue weighted by molar-refractivity contribution is 5.11. The molecule has 0 aromatic carbocycles. The number of aromatic nitrogens is 2. The molecule has 3 nitrogen and oxygen atoms in total. The zero-order valence-corrected chi connectivity index (χ0v) is 10.7. The minimum absolute atomic E-state index is 0.184. The summed E-state index contributed by atoms with van der Waals surface area (Å²) in [7, 11) is 0. The van der Waals surface area contributed by atoms with Crippen LogP contribution >= 0.6 is 0 Å². The molecule has 1 unspecified atom stereocenters. The summed E-state index contributed by atoms with van der Waals surface area (Å²) in [5.74, 6) is 0.641. The molecule has 1 aliphatic heterocycles. The normalized spacial score (nSPS) is 22.3. The van der Waals surface area contributed by atoms with Gasteiger partial charge in [0.15, 0.2) is 0 Å². The average molecular weight is 221 g/mol. The maximum atomic E-state index is 4.35. The zero-order valence-electron chi connectivity index (χ0n) is 10.7. The first-order valence-electron chi connectivity index (χ1n) is 6.38. The van der Waals surface area contributed by atoms with Crippen LogP contribution in [0.5, 0.6) is 0 Å². The van der Waals surface area contributed by atoms with Crippen molar-refractivity contribution in [2.75, 3.05) is 13.1 Å². The van der Waals surface area contributed by atoms with E-state index >= 15 is 0 Å². The molecule has 3 heteroatoms. The number of piperidine rings is 1. The quantitative estimate of drug-likeness (QED) is 0.850. The molecule has 1 aromatic rings. The fraction of sp³-hybridized carbons (Fsp3) is 0.769. The molecule has 0 radical (unpaired) electrons. The van der Waals surface area contributed by atoms with E-state index in [-0.39, 0.29) is 5.54 Å². The molecule has 90 valence electrons. The molecule has 2 heterocycles. The molecule has 0 aliphatic carbocycles. The van der Waals surface area contributed by atoms with Gasteiger partial charge in [-0.3, -0.25) is 0 Å². The van der Waals surface area contributed by atoms with Crippen molar-refractivity contribution in [2.24, 2.45) is 0 Å². The second-order valence-corrected chi connectivity index (χ2v) is 5.40. The Morgan fingerprint density at radius 1 is 1.56 bits per heavy atom. The van der Waals surface area contributed by atoms with Crippen LogP contribution in [0.4, 0.5) is 0 Å². The van der Waals surface area contributed by atoms with Crippen molar-refractivity contribution in [1.82, 2.24) is 14.9 Å². The number of nitrogens with one attached hydrogen (secondary N) is 1. The van der Waals surface area contributed by atoms with Crippen molar-refractivity contribution in [3.8, 4) is 0 Å². The van der Waals surface area contributed by atoms with Crippen LogP contribution in [0, 0.1) is 0 Å². The van der Waals surface area contributed by atoms with Crippen molar-refractivity contribution in [2.45, 2.75) is 51.5 Å². The largest absolute Gasteiger partial charge is 0.329 e. The summed E-state index contributed by atoms with van der Waals surface area (Å²) in [5, 5.41) is 3.48. The van der Waals surface area contributed by atoms with Crippen molar-refractivity contribution in [3.63, 3.8) is 0 Å². The predicted octanol–water partition coefficient (Wildman–Crippen LogP) is 2.50. The summed E-state index contributed by atoms with van der Waals surface area (Å²) in [6.45, 7) is 9.08. The zero-order chi connectivity index (χ0) is 11.6. The summed E-state index contributed by atoms with van der Waals surface area (Å²) in [6.07, 6.45) is 7.75. The molecule has 0 bridgehead atoms. The molecule has 1 N–H and O–H groups in total. The Morgan fingerprint density at radius 3 is 3.00 bits per heavy atom. The van der Waals surface area contributed by atoms with E-state index in [1.54, 1.807) is 0 Å². The highest BCUT2D eigenvalue weighted by atomic mass is 15.1. The lowest BCUT2D eigenvalue weighted by atomic mass is 9.94. The first kappa shape index (κ1) is 11.6. The molecule has 0 amide bonds. The Hall–Kier alpha value is -0.830. The lowest BCUT2D eigenvalue weighted by Gasteiger charge is -2.31. The van der Waals surface area contributed by atoms with Crippen LogP contribution in [0.2, 0.25) is 0 Å². The smallest absolute Gasteiger partial charge is 0.0953 e. The number of nitrogens with zero attached hydrogens (tertiary/aromatic N) is 2. The molecule has 1 saturated heterocycles. The van der Waals surface area contributed by atoms with E-state index in [0.29, 0.717) is 5.92 Å². The molecule has 0 saturated carbocycles. The Balaban J connectivity index is 2.24. The van der Waals surface area contributed by atoms with Crippen LogP contribution in [0.1, 0.15) is 51.6 Å². The second kappa shape index (κ2) is 4.58. The Kier molecular flexibility index (Phi) is 3.33. The standard InChI is InChI=1S/C13H23N3/c1-4-13(2,3)16-10-15-9-12(16)11-6-5-7-14-8-11/h9-11,14H,4-8H2,1-3H3. The lowest BCUT2D eigenvalue weighted by Crippen LogP contribution is -2.33. The summed E-state index contributed by atoms with van der Waals surface area (Å²) >= 11 is 0. The third kappa shape index (κ3) is 2.14. The number of rotatable bonds is 3. The van der Waals surface area contributed by atoms with E-state index in [1.165, 1.54) is 25.1 Å². The van der Waals surface area contributed by atoms with Gasteiger partial charge in [0.05, 0.1) is 6.33 Å². The van der Waals surface area contributed by atoms with Crippen LogP contribution < -0.4 is 5.32 Å². The third-order valence-electron chi connectivity index (χ3n) is 3.90. The van der Waals surface area contributed by atoms with Gasteiger partial charge >= 0.3 is 0 Å². The van der Waals surface area contributed by atoms with Crippen LogP contribution in [0.15, 0.2) is 12.5 Å². The van der Waals surface area contributed by atoms with Crippen molar-refractivity contribution >= 4 is 0 Å². The number of imidazole rings is 1. The molecular formula is C13H23N3. The molecule has 0 spiro atoms. The molecule has 1 fully saturated rings. The molecule has 16 heavy (non-hydrogen) atoms. The van der Waals surface area contributed by atoms with Crippen molar-refractivity contribution in [3.05, 3.63) is 18.2 Å². The first-order chi connectivity index (χ1) is 7.65. The Labute approximate surface area is 98.3 Å². The van der Waals surface area contributed by atoms with Crippen molar-refractivity contribution < 1.29 is 0 Å².